The van der Waals surface area contributed by atoms with Crippen molar-refractivity contribution in [3.05, 3.63) is 65.7 Å². The molecule has 0 saturated carbocycles. The van der Waals surface area contributed by atoms with Crippen LogP contribution in [0.15, 0.2) is 64.6 Å². The Morgan fingerprint density at radius 1 is 0.882 bits per heavy atom. The van der Waals surface area contributed by atoms with E-state index in [1.807, 2.05) is 30.3 Å². The molecule has 1 N–H and O–H groups in total. The van der Waals surface area contributed by atoms with Gasteiger partial charge in [0.25, 0.3) is 0 Å². The first-order valence-electron chi connectivity index (χ1n) is 11.7. The normalized spacial score (nSPS) is 16.8. The maximum atomic E-state index is 12.7. The van der Waals surface area contributed by atoms with Crippen molar-refractivity contribution < 1.29 is 18.0 Å². The highest BCUT2D eigenvalue weighted by Gasteiger charge is 2.26. The van der Waals surface area contributed by atoms with Crippen LogP contribution in [0.4, 0.5) is 0 Å². The molecule has 1 fully saturated rings. The smallest absolute Gasteiger partial charge is 0.243 e. The summed E-state index contributed by atoms with van der Waals surface area (Å²) in [7, 11) is -3.46. The molecule has 2 aliphatic heterocycles. The molecular formula is C25H30N4O4S. The summed E-state index contributed by atoms with van der Waals surface area (Å²) in [5.74, 6) is -0.404. The Balaban J connectivity index is 1.23. The third-order valence-electron chi connectivity index (χ3n) is 6.13. The number of nitrogens with zero attached hydrogens (tertiary/aromatic N) is 3. The van der Waals surface area contributed by atoms with E-state index in [2.05, 4.69) is 10.4 Å². The highest BCUT2D eigenvalue weighted by molar-refractivity contribution is 7.89. The number of carbonyl (C=O) groups excluding carboxylic acids is 2. The van der Waals surface area contributed by atoms with Crippen LogP contribution in [-0.4, -0.2) is 54.9 Å². The fraction of sp³-hybridized carbons (Fsp3) is 0.400. The van der Waals surface area contributed by atoms with Crippen molar-refractivity contribution in [3.8, 4) is 0 Å². The third kappa shape index (κ3) is 5.90. The number of carbonyl (C=O) groups is 2. The zero-order valence-electron chi connectivity index (χ0n) is 19.2. The van der Waals surface area contributed by atoms with Crippen LogP contribution in [-0.2, 0) is 26.2 Å². The van der Waals surface area contributed by atoms with Gasteiger partial charge in [-0.15, -0.1) is 0 Å². The molecule has 0 aromatic heterocycles. The number of rotatable bonds is 8. The first-order chi connectivity index (χ1) is 16.4. The molecule has 0 spiro atoms. The van der Waals surface area contributed by atoms with E-state index in [-0.39, 0.29) is 36.1 Å². The van der Waals surface area contributed by atoms with E-state index in [4.69, 9.17) is 0 Å². The minimum Gasteiger partial charge on any atom is -0.352 e. The number of sulfonamides is 1. The predicted molar refractivity (Wildman–Crippen MR) is 129 cm³/mol. The highest BCUT2D eigenvalue weighted by atomic mass is 32.2. The van der Waals surface area contributed by atoms with E-state index in [0.29, 0.717) is 26.1 Å². The van der Waals surface area contributed by atoms with Crippen LogP contribution in [0.25, 0.3) is 0 Å². The summed E-state index contributed by atoms with van der Waals surface area (Å²) < 4.78 is 27.0. The molecule has 0 aliphatic carbocycles. The van der Waals surface area contributed by atoms with Gasteiger partial charge in [-0.05, 0) is 36.1 Å². The Labute approximate surface area is 200 Å². The number of nitrogens with one attached hydrogen (secondary N) is 1. The lowest BCUT2D eigenvalue weighted by molar-refractivity contribution is -0.133. The summed E-state index contributed by atoms with van der Waals surface area (Å²) in [5, 5.41) is 8.64. The molecule has 9 heteroatoms. The molecule has 34 heavy (non-hydrogen) atoms. The SMILES string of the molecule is O=C(CCC(=O)N1CCC(c2ccccc2)=N1)NCc1ccc(S(=O)(=O)N2CCCCC2)cc1. The van der Waals surface area contributed by atoms with E-state index < -0.39 is 10.0 Å². The molecule has 180 valence electrons. The summed E-state index contributed by atoms with van der Waals surface area (Å²) >= 11 is 0. The Bertz CT molecular complexity index is 1140. The van der Waals surface area contributed by atoms with Gasteiger partial charge in [-0.2, -0.15) is 9.41 Å². The Morgan fingerprint density at radius 2 is 1.59 bits per heavy atom. The van der Waals surface area contributed by atoms with Gasteiger partial charge in [-0.25, -0.2) is 13.4 Å². The van der Waals surface area contributed by atoms with Crippen LogP contribution in [0.2, 0.25) is 0 Å². The largest absolute Gasteiger partial charge is 0.352 e. The average Bonchev–Trinajstić information content (AvgIpc) is 3.38. The Hall–Kier alpha value is -3.04. The molecule has 2 heterocycles. The van der Waals surface area contributed by atoms with Gasteiger partial charge in [-0.3, -0.25) is 9.59 Å². The van der Waals surface area contributed by atoms with E-state index >= 15 is 0 Å². The van der Waals surface area contributed by atoms with Crippen molar-refractivity contribution in [2.45, 2.75) is 50.0 Å². The number of benzene rings is 2. The molecule has 1 saturated heterocycles. The van der Waals surface area contributed by atoms with Crippen LogP contribution in [0, 0.1) is 0 Å². The van der Waals surface area contributed by atoms with Crippen LogP contribution < -0.4 is 5.32 Å². The van der Waals surface area contributed by atoms with Gasteiger partial charge >= 0.3 is 0 Å². The molecule has 8 nitrogen and oxygen atoms in total. The van der Waals surface area contributed by atoms with Gasteiger partial charge in [0, 0.05) is 38.9 Å². The van der Waals surface area contributed by atoms with Gasteiger partial charge in [0.1, 0.15) is 0 Å². The lowest BCUT2D eigenvalue weighted by Gasteiger charge is -2.25. The van der Waals surface area contributed by atoms with Gasteiger partial charge in [0.05, 0.1) is 17.2 Å². The lowest BCUT2D eigenvalue weighted by atomic mass is 10.1. The van der Waals surface area contributed by atoms with Crippen LogP contribution in [0.1, 0.15) is 49.7 Å². The first-order valence-corrected chi connectivity index (χ1v) is 13.2. The summed E-state index contributed by atoms with van der Waals surface area (Å²) in [6.45, 7) is 1.93. The summed E-state index contributed by atoms with van der Waals surface area (Å²) in [6.07, 6.45) is 3.72. The van der Waals surface area contributed by atoms with Gasteiger partial charge < -0.3 is 5.32 Å². The second-order valence-electron chi connectivity index (χ2n) is 8.57. The van der Waals surface area contributed by atoms with Crippen LogP contribution >= 0.6 is 0 Å². The maximum absolute atomic E-state index is 12.7. The molecule has 4 rings (SSSR count). The van der Waals surface area contributed by atoms with E-state index in [1.165, 1.54) is 9.31 Å². The fourth-order valence-corrected chi connectivity index (χ4v) is 5.66. The average molecular weight is 483 g/mol. The lowest BCUT2D eigenvalue weighted by Crippen LogP contribution is -2.35. The first kappa shape index (κ1) is 24.1. The highest BCUT2D eigenvalue weighted by Crippen LogP contribution is 2.21. The minimum atomic E-state index is -3.46. The van der Waals surface area contributed by atoms with Crippen LogP contribution in [0.3, 0.4) is 0 Å². The molecule has 0 bridgehead atoms. The topological polar surface area (TPSA) is 99.1 Å². The minimum absolute atomic E-state index is 0.0763. The van der Waals surface area contributed by atoms with Crippen molar-refractivity contribution in [3.63, 3.8) is 0 Å². The maximum Gasteiger partial charge on any atom is 0.243 e. The number of hydrogen-bond acceptors (Lipinski definition) is 5. The molecule has 0 atom stereocenters. The van der Waals surface area contributed by atoms with E-state index in [9.17, 15) is 18.0 Å². The summed E-state index contributed by atoms with van der Waals surface area (Å²) in [6, 6.07) is 16.4. The van der Waals surface area contributed by atoms with Crippen LogP contribution in [0.5, 0.6) is 0 Å². The van der Waals surface area contributed by atoms with Gasteiger partial charge in [0.2, 0.25) is 21.8 Å². The molecule has 0 unspecified atom stereocenters. The number of piperidine rings is 1. The third-order valence-corrected chi connectivity index (χ3v) is 8.04. The van der Waals surface area contributed by atoms with Crippen molar-refractivity contribution in [1.82, 2.24) is 14.6 Å². The predicted octanol–water partition coefficient (Wildman–Crippen LogP) is 2.89. The zero-order valence-corrected chi connectivity index (χ0v) is 20.0. The number of hydrogen-bond donors (Lipinski definition) is 1. The molecule has 2 aromatic rings. The van der Waals surface area contributed by atoms with E-state index in [1.54, 1.807) is 24.3 Å². The van der Waals surface area contributed by atoms with Crippen molar-refractivity contribution in [1.29, 1.82) is 0 Å². The molecular weight excluding hydrogens is 452 g/mol. The molecule has 2 aromatic carbocycles. The standard InChI is InChI=1S/C25H30N4O4S/c30-24(13-14-25(31)29-18-15-23(27-29)21-7-3-1-4-8-21)26-19-20-9-11-22(12-10-20)34(32,33)28-16-5-2-6-17-28/h1,3-4,7-12H,2,5-6,13-19H2,(H,26,30). The zero-order chi connectivity index (χ0) is 24.0. The Kier molecular flexibility index (Phi) is 7.74. The second-order valence-corrected chi connectivity index (χ2v) is 10.5. The quantitative estimate of drug-likeness (QED) is 0.625. The van der Waals surface area contributed by atoms with Gasteiger partial charge in [0.15, 0.2) is 0 Å². The van der Waals surface area contributed by atoms with Crippen molar-refractivity contribution >= 4 is 27.5 Å². The summed E-state index contributed by atoms with van der Waals surface area (Å²) in [5.41, 5.74) is 2.68. The fourth-order valence-electron chi connectivity index (χ4n) is 4.14. The van der Waals surface area contributed by atoms with Crippen molar-refractivity contribution in [2.24, 2.45) is 5.10 Å². The second kappa shape index (κ2) is 10.9. The monoisotopic (exact) mass is 482 g/mol. The number of amides is 2. The summed E-state index contributed by atoms with van der Waals surface area (Å²) in [4.78, 5) is 24.9. The van der Waals surface area contributed by atoms with Crippen molar-refractivity contribution in [2.75, 3.05) is 19.6 Å². The molecule has 2 amide bonds. The Morgan fingerprint density at radius 3 is 2.29 bits per heavy atom. The van der Waals surface area contributed by atoms with Gasteiger partial charge in [-0.1, -0.05) is 48.9 Å². The number of hydrazone groups is 1. The van der Waals surface area contributed by atoms with E-state index in [0.717, 1.165) is 36.1 Å². The molecule has 0 radical (unpaired) electrons. The molecule has 2 aliphatic rings.